The van der Waals surface area contributed by atoms with Crippen molar-refractivity contribution in [3.63, 3.8) is 0 Å². The van der Waals surface area contributed by atoms with Crippen LogP contribution in [0.25, 0.3) is 0 Å². The van der Waals surface area contributed by atoms with Gasteiger partial charge in [-0.05, 0) is 41.1 Å². The highest BCUT2D eigenvalue weighted by Gasteiger charge is 2.31. The lowest BCUT2D eigenvalue weighted by Crippen LogP contribution is -2.37. The number of halogens is 1. The molecule has 0 radical (unpaired) electrons. The molecule has 0 fully saturated rings. The molecule has 0 aromatic heterocycles. The first kappa shape index (κ1) is 16.6. The predicted molar refractivity (Wildman–Crippen MR) is 76.4 cm³/mol. The lowest BCUT2D eigenvalue weighted by atomic mass is 10.2. The largest absolute Gasteiger partial charge is 0.478 e. The molecule has 8 heteroatoms. The van der Waals surface area contributed by atoms with Gasteiger partial charge in [0.15, 0.2) is 9.84 Å². The number of carbonyl (C=O) groups is 2. The molecule has 0 saturated carbocycles. The van der Waals surface area contributed by atoms with E-state index in [9.17, 15) is 18.0 Å². The lowest BCUT2D eigenvalue weighted by molar-refractivity contribution is -0.127. The van der Waals surface area contributed by atoms with Crippen LogP contribution < -0.4 is 0 Å². The molecule has 0 spiro atoms. The highest BCUT2D eigenvalue weighted by atomic mass is 79.9. The first-order chi connectivity index (χ1) is 9.09. The quantitative estimate of drug-likeness (QED) is 0.872. The summed E-state index contributed by atoms with van der Waals surface area (Å²) in [7, 11) is -1.02. The third kappa shape index (κ3) is 3.18. The average Bonchev–Trinajstić information content (AvgIpc) is 2.36. The maximum Gasteiger partial charge on any atom is 0.336 e. The minimum Gasteiger partial charge on any atom is -0.478 e. The summed E-state index contributed by atoms with van der Waals surface area (Å²) in [6.45, 7) is 1.28. The van der Waals surface area contributed by atoms with Crippen LogP contribution in [0, 0.1) is 0 Å². The Bertz CT molecular complexity index is 654. The van der Waals surface area contributed by atoms with E-state index in [2.05, 4.69) is 15.9 Å². The van der Waals surface area contributed by atoms with Gasteiger partial charge in [-0.25, -0.2) is 13.2 Å². The Balaban J connectivity index is 3.33. The molecular weight excluding hydrogens is 350 g/mol. The van der Waals surface area contributed by atoms with Crippen LogP contribution in [0.2, 0.25) is 0 Å². The van der Waals surface area contributed by atoms with Gasteiger partial charge in [0, 0.05) is 18.6 Å². The van der Waals surface area contributed by atoms with Crippen LogP contribution in [0.5, 0.6) is 0 Å². The molecule has 20 heavy (non-hydrogen) atoms. The van der Waals surface area contributed by atoms with E-state index in [-0.39, 0.29) is 14.9 Å². The van der Waals surface area contributed by atoms with Gasteiger partial charge in [-0.2, -0.15) is 0 Å². The van der Waals surface area contributed by atoms with E-state index in [1.807, 2.05) is 0 Å². The number of carbonyl (C=O) groups excluding carboxylic acids is 1. The van der Waals surface area contributed by atoms with Crippen molar-refractivity contribution in [1.82, 2.24) is 4.90 Å². The number of hydrogen-bond acceptors (Lipinski definition) is 4. The Kier molecular flexibility index (Phi) is 4.93. The van der Waals surface area contributed by atoms with Crippen molar-refractivity contribution in [3.05, 3.63) is 28.2 Å². The normalized spacial score (nSPS) is 12.8. The van der Waals surface area contributed by atoms with Crippen molar-refractivity contribution in [3.8, 4) is 0 Å². The summed E-state index contributed by atoms with van der Waals surface area (Å²) in [5.74, 6) is -1.81. The van der Waals surface area contributed by atoms with Gasteiger partial charge in [-0.15, -0.1) is 0 Å². The van der Waals surface area contributed by atoms with Crippen LogP contribution >= 0.6 is 15.9 Å². The monoisotopic (exact) mass is 363 g/mol. The van der Waals surface area contributed by atoms with Crippen LogP contribution in [-0.2, 0) is 14.6 Å². The maximum atomic E-state index is 12.3. The van der Waals surface area contributed by atoms with Crippen molar-refractivity contribution >= 4 is 37.6 Å². The minimum absolute atomic E-state index is 0.171. The fourth-order valence-electron chi connectivity index (χ4n) is 1.55. The highest BCUT2D eigenvalue weighted by molar-refractivity contribution is 9.10. The second-order valence-corrected chi connectivity index (χ2v) is 7.49. The summed E-state index contributed by atoms with van der Waals surface area (Å²) in [6, 6.07) is 3.65. The molecule has 1 N–H and O–H groups in total. The summed E-state index contributed by atoms with van der Waals surface area (Å²) in [4.78, 5) is 23.8. The van der Waals surface area contributed by atoms with Crippen LogP contribution in [-0.4, -0.2) is 49.6 Å². The molecule has 1 aromatic rings. The molecule has 1 aromatic carbocycles. The number of nitrogens with zero attached hydrogens (tertiary/aromatic N) is 1. The molecule has 1 rings (SSSR count). The number of aromatic carboxylic acids is 1. The third-order valence-electron chi connectivity index (χ3n) is 2.75. The Labute approximate surface area is 125 Å². The number of carboxylic acid groups (broad SMARTS) is 1. The van der Waals surface area contributed by atoms with Gasteiger partial charge in [0.1, 0.15) is 5.25 Å². The van der Waals surface area contributed by atoms with Gasteiger partial charge in [-0.1, -0.05) is 0 Å². The van der Waals surface area contributed by atoms with Crippen LogP contribution in [0.15, 0.2) is 27.6 Å². The van der Waals surface area contributed by atoms with Gasteiger partial charge < -0.3 is 10.0 Å². The molecule has 110 valence electrons. The molecule has 0 aliphatic heterocycles. The smallest absolute Gasteiger partial charge is 0.336 e. The summed E-state index contributed by atoms with van der Waals surface area (Å²) in [5.41, 5.74) is -0.171. The first-order valence-corrected chi connectivity index (χ1v) is 7.91. The Hall–Kier alpha value is -1.41. The SMILES string of the molecule is CC(C(=O)N(C)C)S(=O)(=O)c1ccc(Br)c(C(=O)O)c1. The molecule has 1 unspecified atom stereocenters. The van der Waals surface area contributed by atoms with Gasteiger partial charge in [-0.3, -0.25) is 4.79 Å². The second kappa shape index (κ2) is 5.92. The maximum absolute atomic E-state index is 12.3. The molecule has 1 amide bonds. The Morgan fingerprint density at radius 2 is 1.85 bits per heavy atom. The van der Waals surface area contributed by atoms with E-state index in [1.54, 1.807) is 0 Å². The molecule has 0 aliphatic rings. The lowest BCUT2D eigenvalue weighted by Gasteiger charge is -2.17. The van der Waals surface area contributed by atoms with Crippen LogP contribution in [0.4, 0.5) is 0 Å². The zero-order chi connectivity index (χ0) is 15.7. The molecular formula is C12H14BrNO5S. The van der Waals surface area contributed by atoms with Gasteiger partial charge in [0.25, 0.3) is 0 Å². The predicted octanol–water partition coefficient (Wildman–Crippen LogP) is 1.40. The highest BCUT2D eigenvalue weighted by Crippen LogP contribution is 2.24. The summed E-state index contributed by atoms with van der Waals surface area (Å²) in [5, 5.41) is 7.71. The zero-order valence-electron chi connectivity index (χ0n) is 11.1. The van der Waals surface area contributed by atoms with E-state index in [0.29, 0.717) is 0 Å². The number of carboxylic acids is 1. The fourth-order valence-corrected chi connectivity index (χ4v) is 3.39. The molecule has 0 heterocycles. The van der Waals surface area contributed by atoms with Crippen molar-refractivity contribution in [2.24, 2.45) is 0 Å². The summed E-state index contributed by atoms with van der Waals surface area (Å²) < 4.78 is 24.9. The van der Waals surface area contributed by atoms with Crippen molar-refractivity contribution in [2.45, 2.75) is 17.1 Å². The van der Waals surface area contributed by atoms with Crippen molar-refractivity contribution < 1.29 is 23.1 Å². The summed E-state index contributed by atoms with van der Waals surface area (Å²) in [6.07, 6.45) is 0. The summed E-state index contributed by atoms with van der Waals surface area (Å²) >= 11 is 3.04. The van der Waals surface area contributed by atoms with Crippen molar-refractivity contribution in [2.75, 3.05) is 14.1 Å². The topological polar surface area (TPSA) is 91.8 Å². The Morgan fingerprint density at radius 1 is 1.30 bits per heavy atom. The van der Waals surface area contributed by atoms with E-state index >= 15 is 0 Å². The first-order valence-electron chi connectivity index (χ1n) is 5.57. The number of hydrogen-bond donors (Lipinski definition) is 1. The number of amides is 1. The molecule has 1 atom stereocenters. The average molecular weight is 364 g/mol. The van der Waals surface area contributed by atoms with E-state index in [4.69, 9.17) is 5.11 Å². The second-order valence-electron chi connectivity index (χ2n) is 4.37. The van der Waals surface area contributed by atoms with Crippen LogP contribution in [0.1, 0.15) is 17.3 Å². The van der Waals surface area contributed by atoms with Crippen LogP contribution in [0.3, 0.4) is 0 Å². The molecule has 0 aliphatic carbocycles. The number of benzene rings is 1. The minimum atomic E-state index is -3.93. The number of rotatable bonds is 4. The fraction of sp³-hybridized carbons (Fsp3) is 0.333. The zero-order valence-corrected chi connectivity index (χ0v) is 13.5. The molecule has 0 bridgehead atoms. The van der Waals surface area contributed by atoms with Gasteiger partial charge >= 0.3 is 5.97 Å². The Morgan fingerprint density at radius 3 is 2.30 bits per heavy atom. The van der Waals surface area contributed by atoms with E-state index in [1.165, 1.54) is 38.1 Å². The molecule has 0 saturated heterocycles. The standard InChI is InChI=1S/C12H14BrNO5S/c1-7(11(15)14(2)3)20(18,19)8-4-5-10(13)9(6-8)12(16)17/h4-7H,1-3H3,(H,16,17). The van der Waals surface area contributed by atoms with Crippen molar-refractivity contribution in [1.29, 1.82) is 0 Å². The third-order valence-corrected chi connectivity index (χ3v) is 5.49. The van der Waals surface area contributed by atoms with E-state index in [0.717, 1.165) is 6.07 Å². The van der Waals surface area contributed by atoms with Gasteiger partial charge in [0.05, 0.1) is 10.5 Å². The number of sulfone groups is 1. The van der Waals surface area contributed by atoms with Gasteiger partial charge in [0.2, 0.25) is 5.91 Å². The van der Waals surface area contributed by atoms with E-state index < -0.39 is 27.0 Å². The molecule has 6 nitrogen and oxygen atoms in total.